The molecule has 0 fully saturated rings. The van der Waals surface area contributed by atoms with Gasteiger partial charge in [0.05, 0.1) is 0 Å². The van der Waals surface area contributed by atoms with E-state index in [0.717, 1.165) is 11.3 Å². The van der Waals surface area contributed by atoms with E-state index >= 15 is 0 Å². The van der Waals surface area contributed by atoms with Gasteiger partial charge in [0, 0.05) is 20.3 Å². The molecule has 94 valence electrons. The second-order valence-corrected chi connectivity index (χ2v) is 6.72. The van der Waals surface area contributed by atoms with Gasteiger partial charge in [-0.3, -0.25) is 0 Å². The summed E-state index contributed by atoms with van der Waals surface area (Å²) in [6, 6.07) is 4.85. The van der Waals surface area contributed by atoms with E-state index in [9.17, 15) is 8.42 Å². The summed E-state index contributed by atoms with van der Waals surface area (Å²) in [4.78, 5) is 0.385. The molecule has 1 unspecified atom stereocenters. The Balaban J connectivity index is 2.66. The molecule has 1 atom stereocenters. The highest BCUT2D eigenvalue weighted by molar-refractivity contribution is 7.91. The number of hydrogen-bond donors (Lipinski definition) is 1. The van der Waals surface area contributed by atoms with Crippen LogP contribution < -0.4 is 4.72 Å². The van der Waals surface area contributed by atoms with Crippen molar-refractivity contribution < 1.29 is 13.2 Å². The molecule has 0 aliphatic heterocycles. The Morgan fingerprint density at radius 2 is 2.29 bits per heavy atom. The van der Waals surface area contributed by atoms with E-state index in [2.05, 4.69) is 4.72 Å². The highest BCUT2D eigenvalue weighted by Gasteiger charge is 2.17. The highest BCUT2D eigenvalue weighted by atomic mass is 32.2. The molecule has 0 bridgehead atoms. The molecule has 0 saturated carbocycles. The van der Waals surface area contributed by atoms with E-state index in [4.69, 9.17) is 10.00 Å². The van der Waals surface area contributed by atoms with Gasteiger partial charge in [-0.05, 0) is 18.1 Å². The summed E-state index contributed by atoms with van der Waals surface area (Å²) >= 11 is 0.962. The molecule has 0 aliphatic carbocycles. The third-order valence-corrected chi connectivity index (χ3v) is 4.93. The Labute approximate surface area is 105 Å². The smallest absolute Gasteiger partial charge is 0.250 e. The van der Waals surface area contributed by atoms with Gasteiger partial charge in [-0.2, -0.15) is 5.26 Å². The van der Waals surface area contributed by atoms with Gasteiger partial charge in [0.25, 0.3) is 0 Å². The Bertz CT molecular complexity index is 502. The molecule has 1 N–H and O–H groups in total. The van der Waals surface area contributed by atoms with Crippen LogP contribution in [0.2, 0.25) is 0 Å². The van der Waals surface area contributed by atoms with Gasteiger partial charge in [-0.25, -0.2) is 13.1 Å². The van der Waals surface area contributed by atoms with Crippen LogP contribution >= 0.6 is 11.3 Å². The number of hydrogen-bond acceptors (Lipinski definition) is 5. The molecule has 7 heteroatoms. The number of nitrogens with one attached hydrogen (secondary N) is 1. The molecule has 1 heterocycles. The first-order valence-corrected chi connectivity index (χ1v) is 7.28. The molecule has 0 spiro atoms. The minimum atomic E-state index is -3.50. The highest BCUT2D eigenvalue weighted by Crippen LogP contribution is 2.20. The summed E-state index contributed by atoms with van der Waals surface area (Å²) in [5.74, 6) is 0.102. The number of nitriles is 1. The Kier molecular flexibility index (Phi) is 5.08. The van der Waals surface area contributed by atoms with Crippen molar-refractivity contribution >= 4 is 21.4 Å². The number of sulfonamides is 1. The van der Waals surface area contributed by atoms with Crippen LogP contribution in [-0.4, -0.2) is 28.7 Å². The van der Waals surface area contributed by atoms with Crippen LogP contribution in [0.1, 0.15) is 11.8 Å². The maximum atomic E-state index is 11.8. The van der Waals surface area contributed by atoms with Crippen LogP contribution in [0.25, 0.3) is 0 Å². The molecule has 1 aromatic rings. The normalized spacial score (nSPS) is 13.2. The topological polar surface area (TPSA) is 79.2 Å². The first-order valence-electron chi connectivity index (χ1n) is 4.98. The predicted octanol–water partition coefficient (Wildman–Crippen LogP) is 1.18. The van der Waals surface area contributed by atoms with Gasteiger partial charge >= 0.3 is 0 Å². The van der Waals surface area contributed by atoms with Crippen molar-refractivity contribution in [3.8, 4) is 6.07 Å². The quantitative estimate of drug-likeness (QED) is 0.844. The fraction of sp³-hybridized carbons (Fsp3) is 0.500. The average Bonchev–Trinajstić information content (AvgIpc) is 2.76. The number of nitrogens with zero attached hydrogens (tertiary/aromatic N) is 1. The van der Waals surface area contributed by atoms with E-state index in [0.29, 0.717) is 18.0 Å². The SMILES string of the molecule is COCC(C)CNS(=O)(=O)c1ccc(C#N)s1. The van der Waals surface area contributed by atoms with Crippen LogP contribution in [-0.2, 0) is 14.8 Å². The van der Waals surface area contributed by atoms with E-state index in [1.807, 2.05) is 13.0 Å². The van der Waals surface area contributed by atoms with E-state index < -0.39 is 10.0 Å². The fourth-order valence-electron chi connectivity index (χ4n) is 1.19. The number of rotatable bonds is 6. The Morgan fingerprint density at radius 3 is 2.82 bits per heavy atom. The monoisotopic (exact) mass is 274 g/mol. The van der Waals surface area contributed by atoms with Gasteiger partial charge in [0.1, 0.15) is 15.2 Å². The van der Waals surface area contributed by atoms with Crippen molar-refractivity contribution in [1.82, 2.24) is 4.72 Å². The summed E-state index contributed by atoms with van der Waals surface area (Å²) in [7, 11) is -1.93. The molecule has 0 saturated heterocycles. The molecule has 17 heavy (non-hydrogen) atoms. The Morgan fingerprint density at radius 1 is 1.59 bits per heavy atom. The lowest BCUT2D eigenvalue weighted by molar-refractivity contribution is 0.161. The molecule has 0 aliphatic rings. The predicted molar refractivity (Wildman–Crippen MR) is 65.3 cm³/mol. The number of thiophene rings is 1. The Hall–Kier alpha value is -0.940. The molecule has 1 aromatic heterocycles. The zero-order chi connectivity index (χ0) is 12.9. The van der Waals surface area contributed by atoms with Crippen LogP contribution in [0.3, 0.4) is 0 Å². The zero-order valence-corrected chi connectivity index (χ0v) is 11.3. The molecular formula is C10H14N2O3S2. The summed E-state index contributed by atoms with van der Waals surface area (Å²) < 4.78 is 31.2. The van der Waals surface area contributed by atoms with Crippen LogP contribution in [0, 0.1) is 17.2 Å². The summed E-state index contributed by atoms with van der Waals surface area (Å²) in [5, 5.41) is 8.63. The van der Waals surface area contributed by atoms with Crippen molar-refractivity contribution in [2.45, 2.75) is 11.1 Å². The van der Waals surface area contributed by atoms with Crippen LogP contribution in [0.4, 0.5) is 0 Å². The third kappa shape index (κ3) is 4.09. The molecule has 0 radical (unpaired) electrons. The van der Waals surface area contributed by atoms with Gasteiger partial charge in [0.15, 0.2) is 0 Å². The second kappa shape index (κ2) is 6.12. The summed E-state index contributed by atoms with van der Waals surface area (Å²) in [6.07, 6.45) is 0. The van der Waals surface area contributed by atoms with E-state index in [1.165, 1.54) is 12.1 Å². The van der Waals surface area contributed by atoms with Crippen molar-refractivity contribution in [3.05, 3.63) is 17.0 Å². The molecule has 0 amide bonds. The van der Waals surface area contributed by atoms with Gasteiger partial charge in [-0.15, -0.1) is 11.3 Å². The van der Waals surface area contributed by atoms with Crippen molar-refractivity contribution in [2.24, 2.45) is 5.92 Å². The van der Waals surface area contributed by atoms with Crippen molar-refractivity contribution in [2.75, 3.05) is 20.3 Å². The standard InChI is InChI=1S/C10H14N2O3S2/c1-8(7-15-2)6-12-17(13,14)10-4-3-9(5-11)16-10/h3-4,8,12H,6-7H2,1-2H3. The maximum Gasteiger partial charge on any atom is 0.250 e. The largest absolute Gasteiger partial charge is 0.384 e. The summed E-state index contributed by atoms with van der Waals surface area (Å²) in [6.45, 7) is 2.70. The molecule has 0 aromatic carbocycles. The van der Waals surface area contributed by atoms with Gasteiger partial charge < -0.3 is 4.74 Å². The van der Waals surface area contributed by atoms with Crippen LogP contribution in [0.5, 0.6) is 0 Å². The first-order chi connectivity index (χ1) is 7.99. The zero-order valence-electron chi connectivity index (χ0n) is 9.63. The van der Waals surface area contributed by atoms with Crippen molar-refractivity contribution in [3.63, 3.8) is 0 Å². The first kappa shape index (κ1) is 14.1. The average molecular weight is 274 g/mol. The van der Waals surface area contributed by atoms with E-state index in [-0.39, 0.29) is 10.1 Å². The minimum absolute atomic E-state index is 0.102. The molecule has 5 nitrogen and oxygen atoms in total. The number of methoxy groups -OCH3 is 1. The summed E-state index contributed by atoms with van der Waals surface area (Å²) in [5.41, 5.74) is 0. The molecular weight excluding hydrogens is 260 g/mol. The maximum absolute atomic E-state index is 11.8. The van der Waals surface area contributed by atoms with Gasteiger partial charge in [0.2, 0.25) is 10.0 Å². The van der Waals surface area contributed by atoms with Crippen molar-refractivity contribution in [1.29, 1.82) is 5.26 Å². The minimum Gasteiger partial charge on any atom is -0.384 e. The van der Waals surface area contributed by atoms with Crippen LogP contribution in [0.15, 0.2) is 16.3 Å². The number of ether oxygens (including phenoxy) is 1. The van der Waals surface area contributed by atoms with E-state index in [1.54, 1.807) is 7.11 Å². The molecule has 1 rings (SSSR count). The lowest BCUT2D eigenvalue weighted by Gasteiger charge is -2.10. The second-order valence-electron chi connectivity index (χ2n) is 3.64. The fourth-order valence-corrected chi connectivity index (χ4v) is 3.50. The third-order valence-electron chi connectivity index (χ3n) is 2.03. The lowest BCUT2D eigenvalue weighted by Crippen LogP contribution is -2.29. The lowest BCUT2D eigenvalue weighted by atomic mass is 10.2. The van der Waals surface area contributed by atoms with Gasteiger partial charge in [-0.1, -0.05) is 6.92 Å².